The third kappa shape index (κ3) is 3.35. The highest BCUT2D eigenvalue weighted by Gasteiger charge is 2.20. The number of nitrogens with zero attached hydrogens (tertiary/aromatic N) is 2. The van der Waals surface area contributed by atoms with Gasteiger partial charge in [-0.25, -0.2) is 4.68 Å². The van der Waals surface area contributed by atoms with Gasteiger partial charge in [0.1, 0.15) is 17.2 Å². The summed E-state index contributed by atoms with van der Waals surface area (Å²) in [5.41, 5.74) is 4.38. The van der Waals surface area contributed by atoms with Gasteiger partial charge in [0.2, 0.25) is 0 Å². The number of aromatic nitrogens is 2. The molecular formula is C23H19ClN2O2. The Balaban J connectivity index is 1.90. The minimum atomic E-state index is 0.596. The predicted molar refractivity (Wildman–Crippen MR) is 113 cm³/mol. The van der Waals surface area contributed by atoms with Crippen molar-refractivity contribution >= 4 is 11.6 Å². The molecule has 28 heavy (non-hydrogen) atoms. The number of benzene rings is 3. The van der Waals surface area contributed by atoms with Crippen molar-refractivity contribution in [2.45, 2.75) is 0 Å². The summed E-state index contributed by atoms with van der Waals surface area (Å²) in [7, 11) is 3.30. The molecule has 0 saturated heterocycles. The molecule has 0 spiro atoms. The fraction of sp³-hybridized carbons (Fsp3) is 0.0870. The van der Waals surface area contributed by atoms with E-state index in [0.29, 0.717) is 5.02 Å². The van der Waals surface area contributed by atoms with Crippen LogP contribution in [0.4, 0.5) is 0 Å². The molecule has 0 aliphatic heterocycles. The topological polar surface area (TPSA) is 36.3 Å². The van der Waals surface area contributed by atoms with Gasteiger partial charge in [0.05, 0.1) is 30.6 Å². The molecule has 140 valence electrons. The first-order valence-corrected chi connectivity index (χ1v) is 9.22. The van der Waals surface area contributed by atoms with Gasteiger partial charge >= 0.3 is 0 Å². The molecule has 0 unspecified atom stereocenters. The molecule has 0 saturated carbocycles. The normalized spacial score (nSPS) is 10.7. The molecule has 4 rings (SSSR count). The predicted octanol–water partition coefficient (Wildman–Crippen LogP) is 5.88. The molecule has 0 aliphatic rings. The van der Waals surface area contributed by atoms with Gasteiger partial charge in [-0.05, 0) is 60.7 Å². The van der Waals surface area contributed by atoms with Gasteiger partial charge in [-0.1, -0.05) is 29.8 Å². The Hall–Kier alpha value is -3.24. The fourth-order valence-corrected chi connectivity index (χ4v) is 3.42. The van der Waals surface area contributed by atoms with Crippen molar-refractivity contribution in [3.8, 4) is 39.7 Å². The second-order valence-corrected chi connectivity index (χ2v) is 6.59. The van der Waals surface area contributed by atoms with E-state index in [1.54, 1.807) is 14.2 Å². The Kier molecular flexibility index (Phi) is 5.04. The van der Waals surface area contributed by atoms with Crippen LogP contribution in [0, 0.1) is 0 Å². The minimum Gasteiger partial charge on any atom is -0.497 e. The fourth-order valence-electron chi connectivity index (χ4n) is 3.09. The highest BCUT2D eigenvalue weighted by atomic mass is 35.5. The molecule has 0 radical (unpaired) electrons. The molecule has 0 amide bonds. The summed E-state index contributed by atoms with van der Waals surface area (Å²) in [6, 6.07) is 25.5. The molecule has 1 aromatic heterocycles. The molecule has 3 aromatic carbocycles. The number of hydrogen-bond acceptors (Lipinski definition) is 3. The average molecular weight is 391 g/mol. The molecule has 0 N–H and O–H groups in total. The van der Waals surface area contributed by atoms with E-state index in [9.17, 15) is 0 Å². The average Bonchev–Trinajstić information content (AvgIpc) is 3.11. The number of methoxy groups -OCH3 is 2. The van der Waals surface area contributed by atoms with Gasteiger partial charge in [0.25, 0.3) is 0 Å². The largest absolute Gasteiger partial charge is 0.497 e. The lowest BCUT2D eigenvalue weighted by molar-refractivity contribution is 0.414. The highest BCUT2D eigenvalue weighted by molar-refractivity contribution is 6.35. The monoisotopic (exact) mass is 390 g/mol. The van der Waals surface area contributed by atoms with E-state index in [-0.39, 0.29) is 0 Å². The number of para-hydroxylation sites is 1. The van der Waals surface area contributed by atoms with Crippen molar-refractivity contribution in [2.24, 2.45) is 0 Å². The van der Waals surface area contributed by atoms with E-state index in [0.717, 1.165) is 39.7 Å². The summed E-state index contributed by atoms with van der Waals surface area (Å²) in [5.74, 6) is 1.58. The van der Waals surface area contributed by atoms with Crippen LogP contribution >= 0.6 is 11.6 Å². The third-order valence-corrected chi connectivity index (χ3v) is 4.91. The number of ether oxygens (including phenoxy) is 2. The molecular weight excluding hydrogens is 372 g/mol. The first-order valence-electron chi connectivity index (χ1n) is 8.84. The summed E-state index contributed by atoms with van der Waals surface area (Å²) in [4.78, 5) is 0. The maximum absolute atomic E-state index is 6.85. The number of halogens is 1. The Morgan fingerprint density at radius 1 is 0.714 bits per heavy atom. The lowest BCUT2D eigenvalue weighted by Gasteiger charge is -2.08. The van der Waals surface area contributed by atoms with E-state index in [1.165, 1.54) is 0 Å². The molecule has 4 nitrogen and oxygen atoms in total. The second kappa shape index (κ2) is 7.79. The van der Waals surface area contributed by atoms with Crippen LogP contribution in [-0.4, -0.2) is 24.0 Å². The van der Waals surface area contributed by atoms with Crippen LogP contribution in [0.5, 0.6) is 11.5 Å². The van der Waals surface area contributed by atoms with Crippen molar-refractivity contribution in [3.63, 3.8) is 0 Å². The Morgan fingerprint density at radius 2 is 1.25 bits per heavy atom. The molecule has 0 bridgehead atoms. The van der Waals surface area contributed by atoms with E-state index in [2.05, 4.69) is 0 Å². The smallest absolute Gasteiger partial charge is 0.118 e. The Morgan fingerprint density at radius 3 is 1.79 bits per heavy atom. The van der Waals surface area contributed by atoms with E-state index in [4.69, 9.17) is 26.2 Å². The van der Waals surface area contributed by atoms with Gasteiger partial charge in [0.15, 0.2) is 0 Å². The number of hydrogen-bond donors (Lipinski definition) is 0. The van der Waals surface area contributed by atoms with Gasteiger partial charge in [0, 0.05) is 11.1 Å². The van der Waals surface area contributed by atoms with Gasteiger partial charge < -0.3 is 9.47 Å². The zero-order valence-electron chi connectivity index (χ0n) is 15.6. The van der Waals surface area contributed by atoms with Crippen molar-refractivity contribution in [1.29, 1.82) is 0 Å². The summed E-state index contributed by atoms with van der Waals surface area (Å²) in [6.45, 7) is 0. The van der Waals surface area contributed by atoms with Crippen LogP contribution in [0.25, 0.3) is 28.2 Å². The molecule has 0 atom stereocenters. The minimum absolute atomic E-state index is 0.596. The molecule has 4 aromatic rings. The molecule has 0 fully saturated rings. The van der Waals surface area contributed by atoms with Gasteiger partial charge in [-0.3, -0.25) is 0 Å². The maximum atomic E-state index is 6.85. The third-order valence-electron chi connectivity index (χ3n) is 4.56. The van der Waals surface area contributed by atoms with Crippen molar-refractivity contribution < 1.29 is 9.47 Å². The SMILES string of the molecule is COc1ccc(-c2nn(-c3ccccc3)c(-c3ccc(OC)cc3)c2Cl)cc1. The first-order chi connectivity index (χ1) is 13.7. The lowest BCUT2D eigenvalue weighted by Crippen LogP contribution is -1.99. The zero-order chi connectivity index (χ0) is 19.5. The molecule has 5 heteroatoms. The quantitative estimate of drug-likeness (QED) is 0.427. The second-order valence-electron chi connectivity index (χ2n) is 6.22. The highest BCUT2D eigenvalue weighted by Crippen LogP contribution is 2.38. The maximum Gasteiger partial charge on any atom is 0.118 e. The van der Waals surface area contributed by atoms with Crippen LogP contribution in [0.2, 0.25) is 5.02 Å². The van der Waals surface area contributed by atoms with E-state index in [1.807, 2.05) is 83.5 Å². The molecule has 0 aliphatic carbocycles. The Bertz CT molecular complexity index is 1070. The lowest BCUT2D eigenvalue weighted by atomic mass is 10.1. The summed E-state index contributed by atoms with van der Waals surface area (Å²) >= 11 is 6.85. The van der Waals surface area contributed by atoms with Crippen LogP contribution in [0.15, 0.2) is 78.9 Å². The van der Waals surface area contributed by atoms with Gasteiger partial charge in [-0.15, -0.1) is 0 Å². The number of rotatable bonds is 5. The summed E-state index contributed by atoms with van der Waals surface area (Å²) in [6.07, 6.45) is 0. The molecule has 1 heterocycles. The van der Waals surface area contributed by atoms with E-state index >= 15 is 0 Å². The van der Waals surface area contributed by atoms with Crippen molar-refractivity contribution in [3.05, 3.63) is 83.9 Å². The van der Waals surface area contributed by atoms with Crippen LogP contribution in [0.3, 0.4) is 0 Å². The summed E-state index contributed by atoms with van der Waals surface area (Å²) in [5, 5.41) is 5.43. The van der Waals surface area contributed by atoms with Crippen molar-refractivity contribution in [2.75, 3.05) is 14.2 Å². The Labute approximate surface area is 168 Å². The standard InChI is InChI=1S/C23H19ClN2O2/c1-27-19-12-8-16(9-13-19)22-21(24)23(17-10-14-20(28-2)15-11-17)26(25-22)18-6-4-3-5-7-18/h3-15H,1-2H3. The van der Waals surface area contributed by atoms with Gasteiger partial charge in [-0.2, -0.15) is 5.10 Å². The van der Waals surface area contributed by atoms with Crippen LogP contribution in [0.1, 0.15) is 0 Å². The van der Waals surface area contributed by atoms with Crippen molar-refractivity contribution in [1.82, 2.24) is 9.78 Å². The first kappa shape index (κ1) is 18.1. The summed E-state index contributed by atoms with van der Waals surface area (Å²) < 4.78 is 12.4. The zero-order valence-corrected chi connectivity index (χ0v) is 16.4. The van der Waals surface area contributed by atoms with E-state index < -0.39 is 0 Å². The van der Waals surface area contributed by atoms with Crippen LogP contribution in [-0.2, 0) is 0 Å². The van der Waals surface area contributed by atoms with Crippen LogP contribution < -0.4 is 9.47 Å².